The van der Waals surface area contributed by atoms with Crippen molar-refractivity contribution in [2.45, 2.75) is 39.4 Å². The Morgan fingerprint density at radius 1 is 0.914 bits per heavy atom. The van der Waals surface area contributed by atoms with E-state index in [0.29, 0.717) is 22.8 Å². The highest BCUT2D eigenvalue weighted by molar-refractivity contribution is 6.34. The van der Waals surface area contributed by atoms with Crippen molar-refractivity contribution < 1.29 is 9.59 Å². The third-order valence-corrected chi connectivity index (χ3v) is 6.03. The summed E-state index contributed by atoms with van der Waals surface area (Å²) in [6.07, 6.45) is 0. The molecule has 0 bridgehead atoms. The molecule has 0 fully saturated rings. The SMILES string of the molecule is CC(C)NC(=O)N(Cc1cc(NC(=O)c2ccccc2Cl)ccc1N(C)C)C(C)c1ccccc1. The van der Waals surface area contributed by atoms with Crippen LogP contribution in [-0.2, 0) is 6.54 Å². The van der Waals surface area contributed by atoms with Crippen molar-refractivity contribution in [1.82, 2.24) is 10.2 Å². The normalized spacial score (nSPS) is 11.6. The lowest BCUT2D eigenvalue weighted by atomic mass is 10.0. The third-order valence-electron chi connectivity index (χ3n) is 5.70. The minimum absolute atomic E-state index is 0.00235. The largest absolute Gasteiger partial charge is 0.377 e. The number of benzene rings is 3. The molecule has 0 aromatic heterocycles. The van der Waals surface area contributed by atoms with Crippen molar-refractivity contribution in [3.63, 3.8) is 0 Å². The molecule has 0 aliphatic heterocycles. The molecule has 1 atom stereocenters. The zero-order valence-electron chi connectivity index (χ0n) is 20.9. The average Bonchev–Trinajstić information content (AvgIpc) is 2.82. The van der Waals surface area contributed by atoms with Gasteiger partial charge in [0.05, 0.1) is 23.2 Å². The molecule has 0 aliphatic rings. The fourth-order valence-electron chi connectivity index (χ4n) is 3.88. The molecule has 184 valence electrons. The van der Waals surface area contributed by atoms with Crippen molar-refractivity contribution in [1.29, 1.82) is 0 Å². The van der Waals surface area contributed by atoms with E-state index in [9.17, 15) is 9.59 Å². The highest BCUT2D eigenvalue weighted by Crippen LogP contribution is 2.29. The lowest BCUT2D eigenvalue weighted by Crippen LogP contribution is -2.43. The second kappa shape index (κ2) is 11.8. The highest BCUT2D eigenvalue weighted by atomic mass is 35.5. The van der Waals surface area contributed by atoms with Crippen LogP contribution in [0, 0.1) is 0 Å². The molecule has 2 N–H and O–H groups in total. The van der Waals surface area contributed by atoms with Crippen LogP contribution >= 0.6 is 11.6 Å². The number of nitrogens with zero attached hydrogens (tertiary/aromatic N) is 2. The molecule has 3 rings (SSSR count). The van der Waals surface area contributed by atoms with Gasteiger partial charge >= 0.3 is 6.03 Å². The average molecular weight is 493 g/mol. The minimum Gasteiger partial charge on any atom is -0.377 e. The monoisotopic (exact) mass is 492 g/mol. The number of carbonyl (C=O) groups is 2. The Bertz CT molecular complexity index is 1160. The molecule has 0 heterocycles. The highest BCUT2D eigenvalue weighted by Gasteiger charge is 2.24. The predicted octanol–water partition coefficient (Wildman–Crippen LogP) is 6.34. The number of carbonyl (C=O) groups excluding carboxylic acids is 2. The first-order valence-corrected chi connectivity index (χ1v) is 12.0. The number of hydrogen-bond donors (Lipinski definition) is 2. The summed E-state index contributed by atoms with van der Waals surface area (Å²) in [6.45, 7) is 6.27. The first-order chi connectivity index (χ1) is 16.7. The maximum atomic E-state index is 13.3. The molecule has 0 aliphatic carbocycles. The Hall–Kier alpha value is -3.51. The van der Waals surface area contributed by atoms with Crippen LogP contribution in [0.15, 0.2) is 72.8 Å². The standard InChI is InChI=1S/C28H33ClN4O2/c1-19(2)30-28(35)33(20(3)21-11-7-6-8-12-21)18-22-17-23(15-16-26(22)32(4)5)31-27(34)24-13-9-10-14-25(24)29/h6-17,19-20H,18H2,1-5H3,(H,30,35)(H,31,34). The van der Waals surface area contributed by atoms with E-state index in [1.807, 2.05) is 93.2 Å². The summed E-state index contributed by atoms with van der Waals surface area (Å²) >= 11 is 6.20. The van der Waals surface area contributed by atoms with Crippen LogP contribution in [0.2, 0.25) is 5.02 Å². The number of amides is 3. The van der Waals surface area contributed by atoms with Gasteiger partial charge in [-0.05, 0) is 62.2 Å². The number of hydrogen-bond acceptors (Lipinski definition) is 3. The predicted molar refractivity (Wildman–Crippen MR) is 144 cm³/mol. The Morgan fingerprint density at radius 2 is 1.57 bits per heavy atom. The van der Waals surface area contributed by atoms with Gasteiger partial charge in [0.15, 0.2) is 0 Å². The summed E-state index contributed by atoms with van der Waals surface area (Å²) in [5.74, 6) is -0.286. The van der Waals surface area contributed by atoms with E-state index in [2.05, 4.69) is 10.6 Å². The lowest BCUT2D eigenvalue weighted by Gasteiger charge is -2.32. The molecule has 0 radical (unpaired) electrons. The molecule has 3 aromatic carbocycles. The van der Waals surface area contributed by atoms with Crippen molar-refractivity contribution >= 4 is 34.9 Å². The van der Waals surface area contributed by atoms with Gasteiger partial charge in [-0.1, -0.05) is 54.1 Å². The quantitative estimate of drug-likeness (QED) is 0.385. The fourth-order valence-corrected chi connectivity index (χ4v) is 4.10. The smallest absolute Gasteiger partial charge is 0.318 e. The van der Waals surface area contributed by atoms with Gasteiger partial charge in [0.25, 0.3) is 5.91 Å². The van der Waals surface area contributed by atoms with Crippen molar-refractivity contribution in [3.05, 3.63) is 94.5 Å². The summed E-state index contributed by atoms with van der Waals surface area (Å²) in [6, 6.07) is 22.3. The van der Waals surface area contributed by atoms with E-state index < -0.39 is 0 Å². The van der Waals surface area contributed by atoms with Gasteiger partial charge in [-0.25, -0.2) is 4.79 Å². The molecule has 0 saturated heterocycles. The summed E-state index contributed by atoms with van der Waals surface area (Å²) < 4.78 is 0. The van der Waals surface area contributed by atoms with E-state index >= 15 is 0 Å². The summed E-state index contributed by atoms with van der Waals surface area (Å²) in [7, 11) is 3.92. The summed E-state index contributed by atoms with van der Waals surface area (Å²) in [5.41, 5.74) is 3.95. The van der Waals surface area contributed by atoms with Gasteiger partial charge in [0.2, 0.25) is 0 Å². The second-order valence-corrected chi connectivity index (χ2v) is 9.40. The summed E-state index contributed by atoms with van der Waals surface area (Å²) in [4.78, 5) is 29.9. The van der Waals surface area contributed by atoms with Crippen LogP contribution < -0.4 is 15.5 Å². The number of anilines is 2. The molecule has 6 nitrogen and oxygen atoms in total. The molecule has 3 amide bonds. The second-order valence-electron chi connectivity index (χ2n) is 8.99. The molecule has 3 aromatic rings. The van der Waals surface area contributed by atoms with Crippen molar-refractivity contribution in [2.75, 3.05) is 24.3 Å². The first kappa shape index (κ1) is 26.1. The number of nitrogens with one attached hydrogen (secondary N) is 2. The fraction of sp³-hybridized carbons (Fsp3) is 0.286. The number of halogens is 1. The Balaban J connectivity index is 1.95. The van der Waals surface area contributed by atoms with Gasteiger partial charge in [-0.2, -0.15) is 0 Å². The van der Waals surface area contributed by atoms with Crippen molar-refractivity contribution in [3.8, 4) is 0 Å². The van der Waals surface area contributed by atoms with Gasteiger partial charge in [-0.15, -0.1) is 0 Å². The first-order valence-electron chi connectivity index (χ1n) is 11.7. The van der Waals surface area contributed by atoms with E-state index in [-0.39, 0.29) is 24.0 Å². The van der Waals surface area contributed by atoms with E-state index in [1.165, 1.54) is 0 Å². The van der Waals surface area contributed by atoms with Crippen LogP contribution in [0.1, 0.15) is 48.3 Å². The van der Waals surface area contributed by atoms with E-state index in [4.69, 9.17) is 11.6 Å². The zero-order valence-corrected chi connectivity index (χ0v) is 21.6. The molecule has 35 heavy (non-hydrogen) atoms. The van der Waals surface area contributed by atoms with Gasteiger partial charge in [-0.3, -0.25) is 4.79 Å². The Morgan fingerprint density at radius 3 is 2.20 bits per heavy atom. The van der Waals surface area contributed by atoms with Crippen molar-refractivity contribution in [2.24, 2.45) is 0 Å². The minimum atomic E-state index is -0.286. The van der Waals surface area contributed by atoms with Gasteiger partial charge < -0.3 is 20.4 Å². The van der Waals surface area contributed by atoms with Crippen LogP contribution in [0.5, 0.6) is 0 Å². The zero-order chi connectivity index (χ0) is 25.5. The van der Waals surface area contributed by atoms with Gasteiger partial charge in [0.1, 0.15) is 0 Å². The summed E-state index contributed by atoms with van der Waals surface area (Å²) in [5, 5.41) is 6.36. The molecular weight excluding hydrogens is 460 g/mol. The maximum absolute atomic E-state index is 13.3. The molecule has 0 spiro atoms. The van der Waals surface area contributed by atoms with Crippen LogP contribution in [0.4, 0.5) is 16.2 Å². The van der Waals surface area contributed by atoms with E-state index in [1.54, 1.807) is 24.3 Å². The molecule has 7 heteroatoms. The van der Waals surface area contributed by atoms with E-state index in [0.717, 1.165) is 16.8 Å². The van der Waals surface area contributed by atoms with Crippen LogP contribution in [0.3, 0.4) is 0 Å². The number of rotatable bonds is 8. The third kappa shape index (κ3) is 6.76. The topological polar surface area (TPSA) is 64.7 Å². The van der Waals surface area contributed by atoms with Gasteiger partial charge in [0, 0.05) is 31.5 Å². The Kier molecular flexibility index (Phi) is 8.77. The van der Waals surface area contributed by atoms with Crippen LogP contribution in [-0.4, -0.2) is 37.0 Å². The molecular formula is C28H33ClN4O2. The Labute approximate surface area is 212 Å². The molecule has 0 saturated carbocycles. The molecule has 1 unspecified atom stereocenters. The maximum Gasteiger partial charge on any atom is 0.318 e. The number of urea groups is 1. The lowest BCUT2D eigenvalue weighted by molar-refractivity contribution is 0.102. The van der Waals surface area contributed by atoms with Crippen LogP contribution in [0.25, 0.3) is 0 Å².